The number of carboxylic acids is 1. The monoisotopic (exact) mass is 383 g/mol. The van der Waals surface area contributed by atoms with Crippen molar-refractivity contribution in [2.75, 3.05) is 13.1 Å². The Bertz CT molecular complexity index is 594. The molecular weight excluding hydrogens is 362 g/mol. The second-order valence-corrected chi connectivity index (χ2v) is 7.93. The summed E-state index contributed by atoms with van der Waals surface area (Å²) < 4.78 is 6.35. The molecule has 6 heteroatoms. The third-order valence-corrected chi connectivity index (χ3v) is 4.48. The van der Waals surface area contributed by atoms with E-state index in [0.717, 1.165) is 10.0 Å². The van der Waals surface area contributed by atoms with E-state index in [9.17, 15) is 14.7 Å². The van der Waals surface area contributed by atoms with Gasteiger partial charge < -0.3 is 14.7 Å². The van der Waals surface area contributed by atoms with E-state index in [1.165, 1.54) is 0 Å². The van der Waals surface area contributed by atoms with Crippen molar-refractivity contribution >= 4 is 28.0 Å². The fraction of sp³-hybridized carbons (Fsp3) is 0.529. The van der Waals surface area contributed by atoms with Gasteiger partial charge in [-0.2, -0.15) is 0 Å². The van der Waals surface area contributed by atoms with Crippen LogP contribution in [0.3, 0.4) is 0 Å². The summed E-state index contributed by atoms with van der Waals surface area (Å²) in [7, 11) is 0. The maximum absolute atomic E-state index is 12.3. The Hall–Kier alpha value is -1.56. The fourth-order valence-corrected chi connectivity index (χ4v) is 3.19. The van der Waals surface area contributed by atoms with Crippen LogP contribution in [0.2, 0.25) is 0 Å². The number of hydrogen-bond acceptors (Lipinski definition) is 3. The number of nitrogens with zero attached hydrogens (tertiary/aromatic N) is 1. The van der Waals surface area contributed by atoms with E-state index < -0.39 is 17.0 Å². The van der Waals surface area contributed by atoms with Gasteiger partial charge in [0.1, 0.15) is 5.60 Å². The number of aliphatic carboxylic acids is 1. The molecule has 1 aromatic carbocycles. The molecule has 0 saturated carbocycles. The second-order valence-electron chi connectivity index (χ2n) is 7.01. The number of hydrogen-bond donors (Lipinski definition) is 1. The summed E-state index contributed by atoms with van der Waals surface area (Å²) in [5.74, 6) is -0.862. The third-order valence-electron chi connectivity index (χ3n) is 3.95. The van der Waals surface area contributed by atoms with Crippen molar-refractivity contribution in [1.29, 1.82) is 0 Å². The van der Waals surface area contributed by atoms with E-state index in [0.29, 0.717) is 19.5 Å². The third kappa shape index (κ3) is 4.47. The van der Waals surface area contributed by atoms with E-state index in [4.69, 9.17) is 4.74 Å². The van der Waals surface area contributed by atoms with Gasteiger partial charge in [-0.25, -0.2) is 4.79 Å². The maximum atomic E-state index is 12.3. The van der Waals surface area contributed by atoms with Gasteiger partial charge in [0.15, 0.2) is 0 Å². The van der Waals surface area contributed by atoms with Gasteiger partial charge in [-0.05, 0) is 44.9 Å². The minimum Gasteiger partial charge on any atom is -0.481 e. The fourth-order valence-electron chi connectivity index (χ4n) is 2.93. The summed E-state index contributed by atoms with van der Waals surface area (Å²) in [6.07, 6.45) is 0.218. The number of amides is 1. The highest BCUT2D eigenvalue weighted by atomic mass is 79.9. The van der Waals surface area contributed by atoms with Crippen LogP contribution in [0.25, 0.3) is 0 Å². The molecule has 1 amide bonds. The lowest BCUT2D eigenvalue weighted by Crippen LogP contribution is -2.39. The van der Waals surface area contributed by atoms with Crippen LogP contribution in [0.4, 0.5) is 4.79 Å². The summed E-state index contributed by atoms with van der Waals surface area (Å²) in [6.45, 7) is 6.31. The maximum Gasteiger partial charge on any atom is 0.410 e. The van der Waals surface area contributed by atoms with Crippen LogP contribution in [0, 0.1) is 0 Å². The van der Waals surface area contributed by atoms with E-state index >= 15 is 0 Å². The Labute approximate surface area is 144 Å². The zero-order valence-corrected chi connectivity index (χ0v) is 15.2. The zero-order valence-electron chi connectivity index (χ0n) is 13.6. The van der Waals surface area contributed by atoms with Crippen LogP contribution in [0.5, 0.6) is 0 Å². The van der Waals surface area contributed by atoms with Crippen molar-refractivity contribution in [3.05, 3.63) is 34.3 Å². The standard InChI is InChI=1S/C17H22BrNO4/c1-16(2,3)23-15(22)19-9-8-17(11-19,10-14(20)21)12-4-6-13(18)7-5-12/h4-7H,8-11H2,1-3H3,(H,20,21). The SMILES string of the molecule is CC(C)(C)OC(=O)N1CCC(CC(=O)O)(c2ccc(Br)cc2)C1. The number of carbonyl (C=O) groups excluding carboxylic acids is 1. The molecule has 1 saturated heterocycles. The van der Waals surface area contributed by atoms with E-state index in [-0.39, 0.29) is 12.5 Å². The summed E-state index contributed by atoms with van der Waals surface area (Å²) in [5.41, 5.74) is -0.190. The highest BCUT2D eigenvalue weighted by Crippen LogP contribution is 2.38. The highest BCUT2D eigenvalue weighted by Gasteiger charge is 2.44. The number of halogens is 1. The zero-order chi connectivity index (χ0) is 17.3. The smallest absolute Gasteiger partial charge is 0.410 e. The molecule has 23 heavy (non-hydrogen) atoms. The first-order valence-corrected chi connectivity index (χ1v) is 8.36. The summed E-state index contributed by atoms with van der Waals surface area (Å²) in [5, 5.41) is 9.32. The Morgan fingerprint density at radius 2 is 1.91 bits per heavy atom. The first-order valence-electron chi connectivity index (χ1n) is 7.57. The van der Waals surface area contributed by atoms with E-state index in [1.54, 1.807) is 4.90 Å². The topological polar surface area (TPSA) is 66.8 Å². The molecule has 5 nitrogen and oxygen atoms in total. The molecule has 0 aromatic heterocycles. The molecular formula is C17H22BrNO4. The van der Waals surface area contributed by atoms with Crippen LogP contribution in [0.1, 0.15) is 39.2 Å². The predicted molar refractivity (Wildman–Crippen MR) is 90.5 cm³/mol. The van der Waals surface area contributed by atoms with Gasteiger partial charge in [-0.15, -0.1) is 0 Å². The lowest BCUT2D eigenvalue weighted by Gasteiger charge is -2.29. The molecule has 1 atom stereocenters. The molecule has 0 spiro atoms. The van der Waals surface area contributed by atoms with Crippen molar-refractivity contribution in [3.8, 4) is 0 Å². The molecule has 1 fully saturated rings. The summed E-state index contributed by atoms with van der Waals surface area (Å²) in [4.78, 5) is 25.2. The average Bonchev–Trinajstić information content (AvgIpc) is 2.82. The lowest BCUT2D eigenvalue weighted by atomic mass is 9.77. The molecule has 0 bridgehead atoms. The number of ether oxygens (including phenoxy) is 1. The van der Waals surface area contributed by atoms with E-state index in [1.807, 2.05) is 45.0 Å². The normalized spacial score (nSPS) is 21.3. The van der Waals surface area contributed by atoms with Gasteiger partial charge in [-0.1, -0.05) is 28.1 Å². The minimum atomic E-state index is -0.862. The minimum absolute atomic E-state index is 0.00602. The Morgan fingerprint density at radius 3 is 2.43 bits per heavy atom. The molecule has 1 N–H and O–H groups in total. The molecule has 126 valence electrons. The number of benzene rings is 1. The molecule has 1 aromatic rings. The van der Waals surface area contributed by atoms with Crippen molar-refractivity contribution < 1.29 is 19.4 Å². The summed E-state index contributed by atoms with van der Waals surface area (Å²) in [6, 6.07) is 7.64. The molecule has 1 aliphatic heterocycles. The van der Waals surface area contributed by atoms with Crippen LogP contribution in [-0.4, -0.2) is 40.8 Å². The number of carboxylic acid groups (broad SMARTS) is 1. The van der Waals surface area contributed by atoms with Crippen molar-refractivity contribution in [1.82, 2.24) is 4.90 Å². The molecule has 1 heterocycles. The Kier molecular flexibility index (Phi) is 5.04. The van der Waals surface area contributed by atoms with Crippen LogP contribution in [0.15, 0.2) is 28.7 Å². The van der Waals surface area contributed by atoms with E-state index in [2.05, 4.69) is 15.9 Å². The van der Waals surface area contributed by atoms with Crippen LogP contribution >= 0.6 is 15.9 Å². The molecule has 2 rings (SSSR count). The van der Waals surface area contributed by atoms with Gasteiger partial charge in [-0.3, -0.25) is 4.79 Å². The Balaban J connectivity index is 2.23. The second kappa shape index (κ2) is 6.51. The first kappa shape index (κ1) is 17.8. The number of carbonyl (C=O) groups is 2. The molecule has 1 unspecified atom stereocenters. The van der Waals surface area contributed by atoms with Gasteiger partial charge >= 0.3 is 12.1 Å². The average molecular weight is 384 g/mol. The molecule has 0 aliphatic carbocycles. The lowest BCUT2D eigenvalue weighted by molar-refractivity contribution is -0.138. The van der Waals surface area contributed by atoms with Crippen LogP contribution < -0.4 is 0 Å². The predicted octanol–water partition coefficient (Wildman–Crippen LogP) is 3.80. The van der Waals surface area contributed by atoms with Gasteiger partial charge in [0, 0.05) is 23.0 Å². The number of likely N-dealkylation sites (tertiary alicyclic amines) is 1. The summed E-state index contributed by atoms with van der Waals surface area (Å²) >= 11 is 3.39. The molecule has 1 aliphatic rings. The largest absolute Gasteiger partial charge is 0.481 e. The van der Waals surface area contributed by atoms with Crippen molar-refractivity contribution in [2.24, 2.45) is 0 Å². The van der Waals surface area contributed by atoms with Gasteiger partial charge in [0.05, 0.1) is 6.42 Å². The van der Waals surface area contributed by atoms with Gasteiger partial charge in [0.2, 0.25) is 0 Å². The number of rotatable bonds is 3. The van der Waals surface area contributed by atoms with Crippen molar-refractivity contribution in [3.63, 3.8) is 0 Å². The first-order chi connectivity index (χ1) is 10.6. The Morgan fingerprint density at radius 1 is 1.30 bits per heavy atom. The quantitative estimate of drug-likeness (QED) is 0.861. The van der Waals surface area contributed by atoms with Gasteiger partial charge in [0.25, 0.3) is 0 Å². The van der Waals surface area contributed by atoms with Crippen molar-refractivity contribution in [2.45, 2.75) is 44.6 Å². The van der Waals surface area contributed by atoms with Crippen LogP contribution in [-0.2, 0) is 14.9 Å². The highest BCUT2D eigenvalue weighted by molar-refractivity contribution is 9.10. The molecule has 0 radical (unpaired) electrons.